The molecule has 1 aromatic heterocycles. The molecule has 1 fully saturated rings. The fourth-order valence-electron chi connectivity index (χ4n) is 3.78. The van der Waals surface area contributed by atoms with E-state index in [1.165, 1.54) is 62.6 Å². The van der Waals surface area contributed by atoms with Crippen molar-refractivity contribution in [2.24, 2.45) is 0 Å². The zero-order valence-corrected chi connectivity index (χ0v) is 21.3. The lowest BCUT2D eigenvalue weighted by atomic mass is 9.95. The second-order valence-electron chi connectivity index (χ2n) is 8.15. The number of pyridine rings is 1. The van der Waals surface area contributed by atoms with Crippen LogP contribution in [-0.4, -0.2) is 19.4 Å². The van der Waals surface area contributed by atoms with Gasteiger partial charge in [0.25, 0.3) is 10.0 Å². The molecule has 0 unspecified atom stereocenters. The maximum absolute atomic E-state index is 12.9. The van der Waals surface area contributed by atoms with Gasteiger partial charge in [0.1, 0.15) is 11.4 Å². The first-order valence-electron chi connectivity index (χ1n) is 10.9. The number of anilines is 1. The summed E-state index contributed by atoms with van der Waals surface area (Å²) in [7, 11) is -3.99. The number of halogens is 3. The van der Waals surface area contributed by atoms with Gasteiger partial charge in [0, 0.05) is 18.8 Å². The summed E-state index contributed by atoms with van der Waals surface area (Å²) in [5.41, 5.74) is 1.24. The predicted molar refractivity (Wildman–Crippen MR) is 137 cm³/mol. The molecule has 0 amide bonds. The molecule has 3 aromatic rings. The van der Waals surface area contributed by atoms with Crippen molar-refractivity contribution in [3.05, 3.63) is 75.4 Å². The largest absolute Gasteiger partial charge is 0.437 e. The van der Waals surface area contributed by atoms with Gasteiger partial charge in [-0.1, -0.05) is 66.2 Å². The zero-order chi connectivity index (χ0) is 24.1. The van der Waals surface area contributed by atoms with Crippen LogP contribution in [-0.2, 0) is 16.6 Å². The van der Waals surface area contributed by atoms with Gasteiger partial charge in [-0.05, 0) is 54.8 Å². The molecule has 34 heavy (non-hydrogen) atoms. The summed E-state index contributed by atoms with van der Waals surface area (Å²) in [4.78, 5) is 4.11. The Morgan fingerprint density at radius 2 is 1.68 bits per heavy atom. The Hall–Kier alpha value is -2.03. The molecule has 0 atom stereocenters. The SMILES string of the molecule is O=S(=O)(Nc1cc(Cl)cnc1Oc1ccc(CNC2CCCCC2)cc1)c1ccc(Cl)c(Cl)c1. The van der Waals surface area contributed by atoms with Crippen LogP contribution < -0.4 is 14.8 Å². The number of hydrogen-bond acceptors (Lipinski definition) is 5. The summed E-state index contributed by atoms with van der Waals surface area (Å²) >= 11 is 17.9. The van der Waals surface area contributed by atoms with Gasteiger partial charge in [-0.15, -0.1) is 0 Å². The first kappa shape index (κ1) is 25.1. The minimum Gasteiger partial charge on any atom is -0.437 e. The van der Waals surface area contributed by atoms with E-state index in [9.17, 15) is 8.42 Å². The van der Waals surface area contributed by atoms with Crippen LogP contribution in [0.3, 0.4) is 0 Å². The summed E-state index contributed by atoms with van der Waals surface area (Å²) in [6.45, 7) is 0.791. The van der Waals surface area contributed by atoms with Crippen LogP contribution in [0.15, 0.2) is 59.6 Å². The average molecular weight is 541 g/mol. The molecule has 4 rings (SSSR count). The van der Waals surface area contributed by atoms with Crippen LogP contribution in [0.2, 0.25) is 15.1 Å². The van der Waals surface area contributed by atoms with E-state index >= 15 is 0 Å². The van der Waals surface area contributed by atoms with Crippen LogP contribution in [0, 0.1) is 0 Å². The Morgan fingerprint density at radius 1 is 0.941 bits per heavy atom. The molecule has 2 aromatic carbocycles. The van der Waals surface area contributed by atoms with E-state index in [-0.39, 0.29) is 31.5 Å². The standard InChI is InChI=1S/C24H24Cl3N3O3S/c25-17-12-23(30-34(31,32)20-10-11-21(26)22(27)13-20)24(29-15-17)33-19-8-6-16(7-9-19)14-28-18-4-2-1-3-5-18/h6-13,15,18,28,30H,1-5,14H2. The number of sulfonamides is 1. The van der Waals surface area contributed by atoms with Crippen LogP contribution in [0.25, 0.3) is 0 Å². The zero-order valence-electron chi connectivity index (χ0n) is 18.2. The van der Waals surface area contributed by atoms with Crippen LogP contribution in [0.5, 0.6) is 11.6 Å². The summed E-state index contributed by atoms with van der Waals surface area (Å²) < 4.78 is 34.1. The summed E-state index contributed by atoms with van der Waals surface area (Å²) in [6, 6.07) is 13.6. The molecule has 0 aliphatic heterocycles. The normalized spacial score (nSPS) is 14.7. The van der Waals surface area contributed by atoms with E-state index in [1.807, 2.05) is 24.3 Å². The quantitative estimate of drug-likeness (QED) is 0.320. The monoisotopic (exact) mass is 539 g/mol. The van der Waals surface area contributed by atoms with Crippen molar-refractivity contribution in [2.75, 3.05) is 4.72 Å². The number of nitrogens with one attached hydrogen (secondary N) is 2. The van der Waals surface area contributed by atoms with Gasteiger partial charge in [-0.25, -0.2) is 13.4 Å². The molecule has 0 radical (unpaired) electrons. The van der Waals surface area contributed by atoms with Gasteiger partial charge < -0.3 is 10.1 Å². The van der Waals surface area contributed by atoms with Crippen molar-refractivity contribution < 1.29 is 13.2 Å². The summed E-state index contributed by atoms with van der Waals surface area (Å²) in [6.07, 6.45) is 7.74. The molecule has 1 aliphatic carbocycles. The van der Waals surface area contributed by atoms with Gasteiger partial charge in [-0.2, -0.15) is 0 Å². The highest BCUT2D eigenvalue weighted by Crippen LogP contribution is 2.32. The second kappa shape index (κ2) is 11.1. The first-order chi connectivity index (χ1) is 16.3. The Kier molecular flexibility index (Phi) is 8.22. The molecular formula is C24H24Cl3N3O3S. The predicted octanol–water partition coefficient (Wildman–Crippen LogP) is 7.06. The summed E-state index contributed by atoms with van der Waals surface area (Å²) in [5.74, 6) is 0.590. The summed E-state index contributed by atoms with van der Waals surface area (Å²) in [5, 5.41) is 4.25. The fourth-order valence-corrected chi connectivity index (χ4v) is 5.38. The third-order valence-corrected chi connectivity index (χ3v) is 7.91. The number of benzene rings is 2. The van der Waals surface area contributed by atoms with Crippen LogP contribution in [0.1, 0.15) is 37.7 Å². The van der Waals surface area contributed by atoms with Crippen molar-refractivity contribution in [2.45, 2.75) is 49.6 Å². The first-order valence-corrected chi connectivity index (χ1v) is 13.6. The molecule has 1 saturated carbocycles. The van der Waals surface area contributed by atoms with Gasteiger partial charge in [-0.3, -0.25) is 4.72 Å². The van der Waals surface area contributed by atoms with E-state index in [0.717, 1.165) is 12.1 Å². The Balaban J connectivity index is 1.47. The van der Waals surface area contributed by atoms with Crippen molar-refractivity contribution >= 4 is 50.5 Å². The molecule has 0 bridgehead atoms. The molecular weight excluding hydrogens is 517 g/mol. The second-order valence-corrected chi connectivity index (χ2v) is 11.1. The van der Waals surface area contributed by atoms with E-state index in [4.69, 9.17) is 39.5 Å². The van der Waals surface area contributed by atoms with E-state index < -0.39 is 10.0 Å². The number of ether oxygens (including phenoxy) is 1. The van der Waals surface area contributed by atoms with Crippen molar-refractivity contribution in [1.29, 1.82) is 0 Å². The van der Waals surface area contributed by atoms with Gasteiger partial charge in [0.05, 0.1) is 20.0 Å². The maximum atomic E-state index is 12.9. The van der Waals surface area contributed by atoms with Crippen molar-refractivity contribution in [3.8, 4) is 11.6 Å². The minimum absolute atomic E-state index is 0.0531. The lowest BCUT2D eigenvalue weighted by Crippen LogP contribution is -2.30. The number of aromatic nitrogens is 1. The molecule has 0 saturated heterocycles. The number of hydrogen-bond donors (Lipinski definition) is 2. The van der Waals surface area contributed by atoms with Crippen molar-refractivity contribution in [3.63, 3.8) is 0 Å². The van der Waals surface area contributed by atoms with Gasteiger partial charge in [0.2, 0.25) is 5.88 Å². The highest BCUT2D eigenvalue weighted by molar-refractivity contribution is 7.92. The topological polar surface area (TPSA) is 80.3 Å². The molecule has 2 N–H and O–H groups in total. The smallest absolute Gasteiger partial charge is 0.262 e. The lowest BCUT2D eigenvalue weighted by molar-refractivity contribution is 0.372. The number of nitrogens with zero attached hydrogens (tertiary/aromatic N) is 1. The lowest BCUT2D eigenvalue weighted by Gasteiger charge is -2.22. The highest BCUT2D eigenvalue weighted by Gasteiger charge is 2.20. The van der Waals surface area contributed by atoms with Crippen LogP contribution >= 0.6 is 34.8 Å². The average Bonchev–Trinajstić information content (AvgIpc) is 2.82. The molecule has 6 nitrogen and oxygen atoms in total. The fraction of sp³-hybridized carbons (Fsp3) is 0.292. The molecule has 0 spiro atoms. The minimum atomic E-state index is -3.99. The van der Waals surface area contributed by atoms with E-state index in [2.05, 4.69) is 15.0 Å². The van der Waals surface area contributed by atoms with Crippen LogP contribution in [0.4, 0.5) is 5.69 Å². The highest BCUT2D eigenvalue weighted by atomic mass is 35.5. The van der Waals surface area contributed by atoms with Gasteiger partial charge >= 0.3 is 0 Å². The molecule has 1 heterocycles. The maximum Gasteiger partial charge on any atom is 0.262 e. The third kappa shape index (κ3) is 6.55. The van der Waals surface area contributed by atoms with Crippen molar-refractivity contribution in [1.82, 2.24) is 10.3 Å². The van der Waals surface area contributed by atoms with Gasteiger partial charge in [0.15, 0.2) is 0 Å². The molecule has 10 heteroatoms. The number of rotatable bonds is 8. The Morgan fingerprint density at radius 3 is 2.38 bits per heavy atom. The molecule has 180 valence electrons. The Labute approximate surface area is 214 Å². The Bertz CT molecular complexity index is 1250. The molecule has 1 aliphatic rings. The third-order valence-electron chi connectivity index (χ3n) is 5.60. The van der Waals surface area contributed by atoms with E-state index in [0.29, 0.717) is 11.8 Å². The van der Waals surface area contributed by atoms with E-state index in [1.54, 1.807) is 0 Å².